The minimum absolute atomic E-state index is 0.167. The number of carbonyl (C=O) groups is 1. The van der Waals surface area contributed by atoms with E-state index < -0.39 is 6.10 Å². The fraction of sp³-hybridized carbons (Fsp3) is 0.500. The molecule has 1 aromatic rings. The van der Waals surface area contributed by atoms with Crippen LogP contribution in [-0.2, 0) is 14.4 Å². The lowest BCUT2D eigenvalue weighted by Crippen LogP contribution is -2.43. The predicted octanol–water partition coefficient (Wildman–Crippen LogP) is 0.767. The van der Waals surface area contributed by atoms with Gasteiger partial charge in [0.15, 0.2) is 0 Å². The number of nitrogens with one attached hydrogen (secondary N) is 1. The van der Waals surface area contributed by atoms with E-state index in [4.69, 9.17) is 9.57 Å². The van der Waals surface area contributed by atoms with Gasteiger partial charge in [0.1, 0.15) is 5.82 Å². The van der Waals surface area contributed by atoms with Gasteiger partial charge in [0, 0.05) is 32.6 Å². The summed E-state index contributed by atoms with van der Waals surface area (Å²) < 4.78 is 18.2. The third kappa shape index (κ3) is 4.27. The van der Waals surface area contributed by atoms with Crippen molar-refractivity contribution < 1.29 is 18.8 Å². The van der Waals surface area contributed by atoms with Crippen LogP contribution in [0.25, 0.3) is 0 Å². The molecule has 1 atom stereocenters. The standard InChI is InChI=1S/C16H20FN3O3/c17-13-3-1-12(2-4-13)14-11-15(23-19-14)16(21)18-5-6-20-7-9-22-10-8-20/h1-4,15H,5-11H2,(H,18,21). The van der Waals surface area contributed by atoms with E-state index in [2.05, 4.69) is 15.4 Å². The molecule has 3 rings (SSSR count). The zero-order valence-corrected chi connectivity index (χ0v) is 12.8. The van der Waals surface area contributed by atoms with Gasteiger partial charge in [-0.05, 0) is 17.7 Å². The Labute approximate surface area is 134 Å². The summed E-state index contributed by atoms with van der Waals surface area (Å²) in [6, 6.07) is 6.01. The van der Waals surface area contributed by atoms with E-state index in [1.165, 1.54) is 12.1 Å². The predicted molar refractivity (Wildman–Crippen MR) is 82.7 cm³/mol. The van der Waals surface area contributed by atoms with Gasteiger partial charge in [0.2, 0.25) is 6.10 Å². The van der Waals surface area contributed by atoms with Crippen molar-refractivity contribution in [3.63, 3.8) is 0 Å². The number of hydrogen-bond acceptors (Lipinski definition) is 5. The van der Waals surface area contributed by atoms with Crippen LogP contribution in [0.5, 0.6) is 0 Å². The Balaban J connectivity index is 1.42. The molecule has 6 nitrogen and oxygen atoms in total. The van der Waals surface area contributed by atoms with Gasteiger partial charge in [-0.15, -0.1) is 0 Å². The van der Waals surface area contributed by atoms with E-state index in [1.807, 2.05) is 0 Å². The average Bonchev–Trinajstić information content (AvgIpc) is 3.06. The Morgan fingerprint density at radius 2 is 2.04 bits per heavy atom. The molecule has 1 unspecified atom stereocenters. The second kappa shape index (κ2) is 7.52. The quantitative estimate of drug-likeness (QED) is 0.870. The molecule has 1 amide bonds. The smallest absolute Gasteiger partial charge is 0.264 e. The molecule has 1 fully saturated rings. The summed E-state index contributed by atoms with van der Waals surface area (Å²) in [6.07, 6.45) is -0.214. The maximum Gasteiger partial charge on any atom is 0.264 e. The number of benzene rings is 1. The molecule has 0 aliphatic carbocycles. The third-order valence-electron chi connectivity index (χ3n) is 3.97. The Kier molecular flexibility index (Phi) is 5.19. The molecule has 2 aliphatic rings. The second-order valence-electron chi connectivity index (χ2n) is 5.59. The first-order chi connectivity index (χ1) is 11.2. The van der Waals surface area contributed by atoms with E-state index in [0.717, 1.165) is 38.4 Å². The van der Waals surface area contributed by atoms with Crippen LogP contribution in [0.2, 0.25) is 0 Å². The molecule has 23 heavy (non-hydrogen) atoms. The first-order valence-electron chi connectivity index (χ1n) is 7.79. The minimum Gasteiger partial charge on any atom is -0.382 e. The van der Waals surface area contributed by atoms with Crippen LogP contribution in [0.4, 0.5) is 4.39 Å². The number of amides is 1. The number of halogens is 1. The van der Waals surface area contributed by atoms with Crippen molar-refractivity contribution in [2.45, 2.75) is 12.5 Å². The highest BCUT2D eigenvalue weighted by Gasteiger charge is 2.28. The van der Waals surface area contributed by atoms with Crippen molar-refractivity contribution in [3.8, 4) is 0 Å². The molecule has 0 spiro atoms. The average molecular weight is 321 g/mol. The molecule has 124 valence electrons. The molecular formula is C16H20FN3O3. The molecule has 0 radical (unpaired) electrons. The first-order valence-corrected chi connectivity index (χ1v) is 7.79. The lowest BCUT2D eigenvalue weighted by Gasteiger charge is -2.26. The van der Waals surface area contributed by atoms with Crippen LogP contribution < -0.4 is 5.32 Å². The van der Waals surface area contributed by atoms with E-state index in [0.29, 0.717) is 18.7 Å². The number of nitrogens with zero attached hydrogens (tertiary/aromatic N) is 2. The molecule has 2 aliphatic heterocycles. The number of rotatable bonds is 5. The molecule has 0 aromatic heterocycles. The van der Waals surface area contributed by atoms with Crippen LogP contribution in [0.1, 0.15) is 12.0 Å². The van der Waals surface area contributed by atoms with E-state index in [1.54, 1.807) is 12.1 Å². The summed E-state index contributed by atoms with van der Waals surface area (Å²) in [5.74, 6) is -0.468. The van der Waals surface area contributed by atoms with Gasteiger partial charge < -0.3 is 14.9 Å². The van der Waals surface area contributed by atoms with Crippen LogP contribution in [0.15, 0.2) is 29.4 Å². The summed E-state index contributed by atoms with van der Waals surface area (Å²) in [6.45, 7) is 4.66. The first kappa shape index (κ1) is 15.9. The Bertz CT molecular complexity index is 570. The van der Waals surface area contributed by atoms with Crippen LogP contribution >= 0.6 is 0 Å². The SMILES string of the molecule is O=C(NCCN1CCOCC1)C1CC(c2ccc(F)cc2)=NO1. The third-order valence-corrected chi connectivity index (χ3v) is 3.97. The molecular weight excluding hydrogens is 301 g/mol. The van der Waals surface area contributed by atoms with Gasteiger partial charge in [-0.1, -0.05) is 17.3 Å². The molecule has 0 saturated carbocycles. The normalized spacial score (nSPS) is 21.6. The van der Waals surface area contributed by atoms with Gasteiger partial charge in [-0.2, -0.15) is 0 Å². The molecule has 1 N–H and O–H groups in total. The fourth-order valence-electron chi connectivity index (χ4n) is 2.61. The largest absolute Gasteiger partial charge is 0.382 e. The lowest BCUT2D eigenvalue weighted by atomic mass is 10.0. The van der Waals surface area contributed by atoms with Crippen molar-refractivity contribution in [3.05, 3.63) is 35.6 Å². The van der Waals surface area contributed by atoms with Gasteiger partial charge in [0.25, 0.3) is 5.91 Å². The van der Waals surface area contributed by atoms with Gasteiger partial charge in [-0.25, -0.2) is 4.39 Å². The zero-order valence-electron chi connectivity index (χ0n) is 12.8. The monoisotopic (exact) mass is 321 g/mol. The van der Waals surface area contributed by atoms with E-state index in [-0.39, 0.29) is 11.7 Å². The summed E-state index contributed by atoms with van der Waals surface area (Å²) >= 11 is 0. The summed E-state index contributed by atoms with van der Waals surface area (Å²) in [4.78, 5) is 19.6. The topological polar surface area (TPSA) is 63.2 Å². The van der Waals surface area contributed by atoms with Gasteiger partial charge >= 0.3 is 0 Å². The van der Waals surface area contributed by atoms with E-state index in [9.17, 15) is 9.18 Å². The number of ether oxygens (including phenoxy) is 1. The lowest BCUT2D eigenvalue weighted by molar-refractivity contribution is -0.131. The van der Waals surface area contributed by atoms with Crippen LogP contribution in [0, 0.1) is 5.82 Å². The van der Waals surface area contributed by atoms with Crippen LogP contribution in [0.3, 0.4) is 0 Å². The highest BCUT2D eigenvalue weighted by Crippen LogP contribution is 2.17. The maximum absolute atomic E-state index is 12.9. The summed E-state index contributed by atoms with van der Waals surface area (Å²) in [5.41, 5.74) is 1.44. The van der Waals surface area contributed by atoms with Crippen LogP contribution in [-0.4, -0.2) is 62.0 Å². The molecule has 7 heteroatoms. The highest BCUT2D eigenvalue weighted by molar-refractivity contribution is 6.04. The van der Waals surface area contributed by atoms with Gasteiger partial charge in [-0.3, -0.25) is 9.69 Å². The molecule has 2 heterocycles. The molecule has 1 saturated heterocycles. The van der Waals surface area contributed by atoms with Crippen molar-refractivity contribution >= 4 is 11.6 Å². The number of morpholine rings is 1. The summed E-state index contributed by atoms with van der Waals surface area (Å²) in [7, 11) is 0. The Morgan fingerprint density at radius 1 is 1.30 bits per heavy atom. The number of carbonyl (C=O) groups excluding carboxylic acids is 1. The van der Waals surface area contributed by atoms with Gasteiger partial charge in [0.05, 0.1) is 18.9 Å². The van der Waals surface area contributed by atoms with Crippen molar-refractivity contribution in [2.75, 3.05) is 39.4 Å². The second-order valence-corrected chi connectivity index (χ2v) is 5.59. The number of hydrogen-bond donors (Lipinski definition) is 1. The minimum atomic E-state index is -0.611. The molecule has 1 aromatic carbocycles. The Morgan fingerprint density at radius 3 is 2.78 bits per heavy atom. The van der Waals surface area contributed by atoms with Crippen molar-refractivity contribution in [1.29, 1.82) is 0 Å². The summed E-state index contributed by atoms with van der Waals surface area (Å²) in [5, 5.41) is 6.82. The van der Waals surface area contributed by atoms with Crippen molar-refractivity contribution in [2.24, 2.45) is 5.16 Å². The fourth-order valence-corrected chi connectivity index (χ4v) is 2.61. The zero-order chi connectivity index (χ0) is 16.1. The van der Waals surface area contributed by atoms with Crippen molar-refractivity contribution in [1.82, 2.24) is 10.2 Å². The maximum atomic E-state index is 12.9. The Hall–Kier alpha value is -1.99. The highest BCUT2D eigenvalue weighted by atomic mass is 19.1. The molecule has 0 bridgehead atoms. The van der Waals surface area contributed by atoms with E-state index >= 15 is 0 Å². The number of oxime groups is 1.